The maximum atomic E-state index is 13.0. The van der Waals surface area contributed by atoms with Crippen LogP contribution < -0.4 is 0 Å². The van der Waals surface area contributed by atoms with Crippen LogP contribution in [0.3, 0.4) is 0 Å². The minimum atomic E-state index is -3.83. The lowest BCUT2D eigenvalue weighted by atomic mass is 10.0. The van der Waals surface area contributed by atoms with Gasteiger partial charge in [-0.1, -0.05) is 0 Å². The van der Waals surface area contributed by atoms with Gasteiger partial charge in [-0.15, -0.1) is 11.3 Å². The Hall–Kier alpha value is -1.84. The highest BCUT2D eigenvalue weighted by Crippen LogP contribution is 2.29. The first kappa shape index (κ1) is 17.0. The first-order valence-corrected chi connectivity index (χ1v) is 9.64. The normalized spacial score (nSPS) is 19.3. The predicted molar refractivity (Wildman–Crippen MR) is 86.6 cm³/mol. The van der Waals surface area contributed by atoms with Crippen molar-refractivity contribution in [2.75, 3.05) is 13.1 Å². The third-order valence-corrected chi connectivity index (χ3v) is 6.70. The summed E-state index contributed by atoms with van der Waals surface area (Å²) in [5.41, 5.74) is 0.630. The van der Waals surface area contributed by atoms with Gasteiger partial charge in [0.25, 0.3) is 10.0 Å². The van der Waals surface area contributed by atoms with Crippen LogP contribution in [0.1, 0.15) is 12.8 Å². The number of halogens is 1. The van der Waals surface area contributed by atoms with Crippen LogP contribution in [0.25, 0.3) is 10.6 Å². The van der Waals surface area contributed by atoms with E-state index in [1.165, 1.54) is 34.0 Å². The number of piperidine rings is 1. The van der Waals surface area contributed by atoms with E-state index >= 15 is 0 Å². The number of hydrogen-bond donors (Lipinski definition) is 1. The molecule has 0 amide bonds. The monoisotopic (exact) mass is 370 g/mol. The van der Waals surface area contributed by atoms with Gasteiger partial charge in [0.05, 0.1) is 5.92 Å². The molecule has 1 aromatic heterocycles. The van der Waals surface area contributed by atoms with Gasteiger partial charge in [0.1, 0.15) is 10.8 Å². The minimum Gasteiger partial charge on any atom is -0.481 e. The van der Waals surface area contributed by atoms with Crippen LogP contribution in [0.15, 0.2) is 34.7 Å². The number of rotatable bonds is 4. The highest BCUT2D eigenvalue weighted by atomic mass is 32.2. The van der Waals surface area contributed by atoms with E-state index in [2.05, 4.69) is 4.98 Å². The van der Waals surface area contributed by atoms with Crippen molar-refractivity contribution in [3.63, 3.8) is 0 Å². The largest absolute Gasteiger partial charge is 0.481 e. The fraction of sp³-hybridized carbons (Fsp3) is 0.333. The summed E-state index contributed by atoms with van der Waals surface area (Å²) < 4.78 is 39.5. The SMILES string of the molecule is O=C(O)C1CCCN(S(=O)(=O)c2csc(-c3ccc(F)cc3)n2)C1. The Morgan fingerprint density at radius 2 is 2.04 bits per heavy atom. The molecule has 1 atom stereocenters. The molecule has 9 heteroatoms. The molecule has 1 saturated heterocycles. The summed E-state index contributed by atoms with van der Waals surface area (Å²) in [5.74, 6) is -2.06. The maximum Gasteiger partial charge on any atom is 0.307 e. The van der Waals surface area contributed by atoms with Crippen molar-refractivity contribution >= 4 is 27.3 Å². The number of carboxylic acid groups (broad SMARTS) is 1. The van der Waals surface area contributed by atoms with E-state index in [0.717, 1.165) is 11.3 Å². The number of carboxylic acids is 1. The number of hydrogen-bond acceptors (Lipinski definition) is 5. The molecule has 1 aliphatic heterocycles. The average Bonchev–Trinajstić information content (AvgIpc) is 3.06. The quantitative estimate of drug-likeness (QED) is 0.893. The first-order chi connectivity index (χ1) is 11.4. The molecule has 128 valence electrons. The maximum absolute atomic E-state index is 13.0. The van der Waals surface area contributed by atoms with E-state index in [0.29, 0.717) is 23.4 Å². The summed E-state index contributed by atoms with van der Waals surface area (Å²) in [7, 11) is -3.83. The van der Waals surface area contributed by atoms with E-state index in [9.17, 15) is 17.6 Å². The Labute approximate surface area is 142 Å². The molecule has 3 rings (SSSR count). The molecule has 1 unspecified atom stereocenters. The molecular weight excluding hydrogens is 355 g/mol. The second-order valence-electron chi connectivity index (χ2n) is 5.54. The molecule has 0 spiro atoms. The third kappa shape index (κ3) is 3.33. The first-order valence-electron chi connectivity index (χ1n) is 7.32. The molecular formula is C15H15FN2O4S2. The molecule has 0 bridgehead atoms. The lowest BCUT2D eigenvalue weighted by Crippen LogP contribution is -2.42. The highest BCUT2D eigenvalue weighted by molar-refractivity contribution is 7.89. The van der Waals surface area contributed by atoms with E-state index < -0.39 is 21.9 Å². The molecule has 2 aromatic rings. The highest BCUT2D eigenvalue weighted by Gasteiger charge is 2.34. The summed E-state index contributed by atoms with van der Waals surface area (Å²) in [6.07, 6.45) is 0.977. The van der Waals surface area contributed by atoms with Gasteiger partial charge in [0.2, 0.25) is 0 Å². The van der Waals surface area contributed by atoms with E-state index in [1.807, 2.05) is 0 Å². The minimum absolute atomic E-state index is 0.0406. The summed E-state index contributed by atoms with van der Waals surface area (Å²) in [5, 5.41) is 10.9. The summed E-state index contributed by atoms with van der Waals surface area (Å²) in [6, 6.07) is 5.64. The fourth-order valence-corrected chi connectivity index (χ4v) is 5.19. The Kier molecular flexibility index (Phi) is 4.66. The van der Waals surface area contributed by atoms with Crippen LogP contribution in [0.4, 0.5) is 4.39 Å². The lowest BCUT2D eigenvalue weighted by Gasteiger charge is -2.29. The van der Waals surface area contributed by atoms with Gasteiger partial charge in [-0.05, 0) is 37.1 Å². The van der Waals surface area contributed by atoms with Crippen LogP contribution in [-0.4, -0.2) is 41.9 Å². The van der Waals surface area contributed by atoms with Crippen LogP contribution in [0, 0.1) is 11.7 Å². The number of aliphatic carboxylic acids is 1. The molecule has 0 radical (unpaired) electrons. The smallest absolute Gasteiger partial charge is 0.307 e. The molecule has 0 aliphatic carbocycles. The van der Waals surface area contributed by atoms with E-state index in [4.69, 9.17) is 5.11 Å². The van der Waals surface area contributed by atoms with Crippen molar-refractivity contribution in [3.8, 4) is 10.6 Å². The predicted octanol–water partition coefficient (Wildman–Crippen LogP) is 2.43. The van der Waals surface area contributed by atoms with E-state index in [1.54, 1.807) is 0 Å². The van der Waals surface area contributed by atoms with Crippen molar-refractivity contribution < 1.29 is 22.7 Å². The summed E-state index contributed by atoms with van der Waals surface area (Å²) >= 11 is 1.15. The van der Waals surface area contributed by atoms with Crippen molar-refractivity contribution in [3.05, 3.63) is 35.5 Å². The zero-order valence-corrected chi connectivity index (χ0v) is 14.2. The second kappa shape index (κ2) is 6.58. The van der Waals surface area contributed by atoms with Crippen molar-refractivity contribution in [2.45, 2.75) is 17.9 Å². The number of thiazole rings is 1. The molecule has 1 fully saturated rings. The van der Waals surface area contributed by atoms with Crippen molar-refractivity contribution in [2.24, 2.45) is 5.92 Å². The zero-order valence-electron chi connectivity index (χ0n) is 12.6. The number of benzene rings is 1. The Bertz CT molecular complexity index is 849. The number of aromatic nitrogens is 1. The Morgan fingerprint density at radius 1 is 1.33 bits per heavy atom. The molecule has 24 heavy (non-hydrogen) atoms. The molecule has 1 aliphatic rings. The van der Waals surface area contributed by atoms with Crippen LogP contribution in [0.2, 0.25) is 0 Å². The van der Waals surface area contributed by atoms with Gasteiger partial charge in [0, 0.05) is 24.0 Å². The van der Waals surface area contributed by atoms with Crippen LogP contribution in [-0.2, 0) is 14.8 Å². The molecule has 1 aromatic carbocycles. The number of nitrogens with zero attached hydrogens (tertiary/aromatic N) is 2. The Morgan fingerprint density at radius 3 is 2.71 bits per heavy atom. The summed E-state index contributed by atoms with van der Waals surface area (Å²) in [4.78, 5) is 15.3. The zero-order chi connectivity index (χ0) is 17.3. The average molecular weight is 370 g/mol. The fourth-order valence-electron chi connectivity index (χ4n) is 2.60. The number of sulfonamides is 1. The van der Waals surface area contributed by atoms with Crippen molar-refractivity contribution in [1.82, 2.24) is 9.29 Å². The third-order valence-electron chi connectivity index (χ3n) is 3.91. The molecule has 1 N–H and O–H groups in total. The van der Waals surface area contributed by atoms with Gasteiger partial charge < -0.3 is 5.11 Å². The summed E-state index contributed by atoms with van der Waals surface area (Å²) in [6.45, 7) is 0.247. The number of carbonyl (C=O) groups is 1. The Balaban J connectivity index is 1.85. The lowest BCUT2D eigenvalue weighted by molar-refractivity contribution is -0.142. The molecule has 2 heterocycles. The topological polar surface area (TPSA) is 87.6 Å². The van der Waals surface area contributed by atoms with E-state index in [-0.39, 0.29) is 23.9 Å². The van der Waals surface area contributed by atoms with Gasteiger partial charge in [-0.25, -0.2) is 17.8 Å². The van der Waals surface area contributed by atoms with Gasteiger partial charge in [0.15, 0.2) is 5.03 Å². The molecule has 0 saturated carbocycles. The van der Waals surface area contributed by atoms with Crippen LogP contribution >= 0.6 is 11.3 Å². The standard InChI is InChI=1S/C15H15FN2O4S2/c16-12-5-3-10(4-6-12)14-17-13(9-23-14)24(21,22)18-7-1-2-11(8-18)15(19)20/h3-6,9,11H,1-2,7-8H2,(H,19,20). The van der Waals surface area contributed by atoms with Crippen molar-refractivity contribution in [1.29, 1.82) is 0 Å². The van der Waals surface area contributed by atoms with Gasteiger partial charge in [-0.2, -0.15) is 4.31 Å². The van der Waals surface area contributed by atoms with Crippen LogP contribution in [0.5, 0.6) is 0 Å². The molecule has 6 nitrogen and oxygen atoms in total. The second-order valence-corrected chi connectivity index (χ2v) is 8.28. The van der Waals surface area contributed by atoms with Gasteiger partial charge >= 0.3 is 5.97 Å². The van der Waals surface area contributed by atoms with Gasteiger partial charge in [-0.3, -0.25) is 4.79 Å².